The molecular weight excluding hydrogens is 432 g/mol. The molecule has 0 bridgehead atoms. The van der Waals surface area contributed by atoms with E-state index in [1.54, 1.807) is 11.3 Å². The third-order valence-corrected chi connectivity index (χ3v) is 7.95. The number of hydrogen-bond acceptors (Lipinski definition) is 5. The van der Waals surface area contributed by atoms with Gasteiger partial charge in [0.05, 0.1) is 18.3 Å². The van der Waals surface area contributed by atoms with Crippen molar-refractivity contribution in [2.45, 2.75) is 71.3 Å². The van der Waals surface area contributed by atoms with Crippen LogP contribution in [0, 0.1) is 6.92 Å². The second kappa shape index (κ2) is 11.2. The fourth-order valence-corrected chi connectivity index (χ4v) is 5.40. The summed E-state index contributed by atoms with van der Waals surface area (Å²) in [6.45, 7) is 8.60. The first-order valence-corrected chi connectivity index (χ1v) is 12.7. The van der Waals surface area contributed by atoms with Crippen molar-refractivity contribution >= 4 is 27.4 Å². The van der Waals surface area contributed by atoms with Crippen LogP contribution in [0.3, 0.4) is 0 Å². The van der Waals surface area contributed by atoms with Crippen LogP contribution in [0.25, 0.3) is 10.1 Å². The van der Waals surface area contributed by atoms with Gasteiger partial charge in [-0.1, -0.05) is 39.0 Å². The summed E-state index contributed by atoms with van der Waals surface area (Å²) in [5, 5.41) is 11.7. The third kappa shape index (κ3) is 6.15. The van der Waals surface area contributed by atoms with E-state index in [2.05, 4.69) is 32.0 Å². The van der Waals surface area contributed by atoms with E-state index >= 15 is 0 Å². The largest absolute Gasteiger partial charge is 0.490 e. The molecule has 0 saturated heterocycles. The molecule has 1 heterocycles. The van der Waals surface area contributed by atoms with Crippen LogP contribution in [0.5, 0.6) is 5.75 Å². The molecule has 1 N–H and O–H groups in total. The van der Waals surface area contributed by atoms with Gasteiger partial charge in [0, 0.05) is 9.58 Å². The zero-order valence-electron chi connectivity index (χ0n) is 20.4. The van der Waals surface area contributed by atoms with Gasteiger partial charge in [0.25, 0.3) is 0 Å². The summed E-state index contributed by atoms with van der Waals surface area (Å²) in [6, 6.07) is 14.4. The predicted octanol–water partition coefficient (Wildman–Crippen LogP) is 7.05. The first kappa shape index (κ1) is 25.3. The molecule has 33 heavy (non-hydrogen) atoms. The Morgan fingerprint density at radius 2 is 1.85 bits per heavy atom. The van der Waals surface area contributed by atoms with E-state index in [0.29, 0.717) is 30.9 Å². The Balaban J connectivity index is 1.66. The zero-order chi connectivity index (χ0) is 24.0. The molecule has 0 aliphatic carbocycles. The molecule has 0 radical (unpaired) electrons. The van der Waals surface area contributed by atoms with Crippen molar-refractivity contribution in [2.24, 2.45) is 0 Å². The SMILES string of the molecule is CCC(CCc1ccc(OCC(O)(CC)CC)c(C)c1)c1cc2ccc(C(=O)OC)cc2s1. The van der Waals surface area contributed by atoms with Crippen molar-refractivity contribution in [1.29, 1.82) is 0 Å². The number of ether oxygens (including phenoxy) is 2. The predicted molar refractivity (Wildman–Crippen MR) is 137 cm³/mol. The quantitative estimate of drug-likeness (QED) is 0.306. The van der Waals surface area contributed by atoms with Gasteiger partial charge in [0.1, 0.15) is 12.4 Å². The summed E-state index contributed by atoms with van der Waals surface area (Å²) in [5.41, 5.74) is 2.24. The molecule has 3 rings (SSSR count). The number of thiophene rings is 1. The summed E-state index contributed by atoms with van der Waals surface area (Å²) in [6.07, 6.45) is 4.50. The number of fused-ring (bicyclic) bond motifs is 1. The first-order valence-electron chi connectivity index (χ1n) is 11.9. The van der Waals surface area contributed by atoms with E-state index in [1.165, 1.54) is 22.9 Å². The topological polar surface area (TPSA) is 55.8 Å². The number of methoxy groups -OCH3 is 1. The van der Waals surface area contributed by atoms with E-state index in [-0.39, 0.29) is 5.97 Å². The smallest absolute Gasteiger partial charge is 0.337 e. The Kier molecular flexibility index (Phi) is 8.55. The van der Waals surface area contributed by atoms with Crippen molar-refractivity contribution in [2.75, 3.05) is 13.7 Å². The Hall–Kier alpha value is -2.37. The lowest BCUT2D eigenvalue weighted by molar-refractivity contribution is -0.0115. The standard InChI is InChI=1S/C28H36O4S/c1-6-21(25-16-22-12-13-23(27(29)31-5)17-26(22)33-25)11-9-20-10-14-24(19(4)15-20)32-18-28(30,7-2)8-3/h10,12-17,21,30H,6-9,11,18H2,1-5H3. The molecule has 1 atom stereocenters. The highest BCUT2D eigenvalue weighted by molar-refractivity contribution is 7.19. The lowest BCUT2D eigenvalue weighted by atomic mass is 9.94. The number of aryl methyl sites for hydroxylation is 2. The Morgan fingerprint density at radius 3 is 2.48 bits per heavy atom. The van der Waals surface area contributed by atoms with Gasteiger partial charge < -0.3 is 14.6 Å². The zero-order valence-corrected chi connectivity index (χ0v) is 21.3. The fraction of sp³-hybridized carbons (Fsp3) is 0.464. The van der Waals surface area contributed by atoms with E-state index in [0.717, 1.165) is 35.3 Å². The highest BCUT2D eigenvalue weighted by Crippen LogP contribution is 2.36. The van der Waals surface area contributed by atoms with Crippen LogP contribution in [0.4, 0.5) is 0 Å². The van der Waals surface area contributed by atoms with Gasteiger partial charge in [-0.15, -0.1) is 11.3 Å². The van der Waals surface area contributed by atoms with Crippen LogP contribution in [0.2, 0.25) is 0 Å². The van der Waals surface area contributed by atoms with Crippen molar-refractivity contribution in [1.82, 2.24) is 0 Å². The average molecular weight is 469 g/mol. The molecular formula is C28H36O4S. The molecule has 1 aromatic heterocycles. The fourth-order valence-electron chi connectivity index (χ4n) is 4.08. The minimum atomic E-state index is -0.763. The average Bonchev–Trinajstić information content (AvgIpc) is 3.26. The Bertz CT molecular complexity index is 1080. The van der Waals surface area contributed by atoms with E-state index in [9.17, 15) is 9.90 Å². The van der Waals surface area contributed by atoms with Gasteiger partial charge in [-0.2, -0.15) is 0 Å². The van der Waals surface area contributed by atoms with Gasteiger partial charge in [-0.3, -0.25) is 0 Å². The van der Waals surface area contributed by atoms with Crippen LogP contribution in [0.1, 0.15) is 78.7 Å². The van der Waals surface area contributed by atoms with Crippen molar-refractivity contribution in [3.05, 3.63) is 64.0 Å². The number of rotatable bonds is 11. The maximum absolute atomic E-state index is 11.8. The minimum absolute atomic E-state index is 0.296. The molecule has 0 aliphatic heterocycles. The second-order valence-corrected chi connectivity index (χ2v) is 9.97. The molecule has 2 aromatic carbocycles. The Labute approximate surface area is 201 Å². The third-order valence-electron chi connectivity index (χ3n) is 6.69. The highest BCUT2D eigenvalue weighted by Gasteiger charge is 2.23. The number of esters is 1. The molecule has 178 valence electrons. The monoisotopic (exact) mass is 468 g/mol. The second-order valence-electron chi connectivity index (χ2n) is 8.86. The number of carbonyl (C=O) groups is 1. The van der Waals surface area contributed by atoms with Gasteiger partial charge in [0.2, 0.25) is 0 Å². The summed E-state index contributed by atoms with van der Waals surface area (Å²) in [5.74, 6) is 1.03. The Morgan fingerprint density at radius 1 is 1.09 bits per heavy atom. The van der Waals surface area contributed by atoms with Crippen LogP contribution < -0.4 is 4.74 Å². The van der Waals surface area contributed by atoms with Crippen molar-refractivity contribution in [3.8, 4) is 5.75 Å². The summed E-state index contributed by atoms with van der Waals surface area (Å²) in [4.78, 5) is 13.2. The molecule has 0 amide bonds. The van der Waals surface area contributed by atoms with Gasteiger partial charge >= 0.3 is 5.97 Å². The van der Waals surface area contributed by atoms with Crippen LogP contribution >= 0.6 is 11.3 Å². The van der Waals surface area contributed by atoms with Gasteiger partial charge in [-0.25, -0.2) is 4.79 Å². The molecule has 4 nitrogen and oxygen atoms in total. The molecule has 0 fully saturated rings. The molecule has 0 spiro atoms. The molecule has 5 heteroatoms. The molecule has 0 aliphatic rings. The maximum atomic E-state index is 11.8. The van der Waals surface area contributed by atoms with E-state index in [1.807, 2.05) is 38.1 Å². The lowest BCUT2D eigenvalue weighted by Crippen LogP contribution is -2.34. The number of carbonyl (C=O) groups excluding carboxylic acids is 1. The molecule has 1 unspecified atom stereocenters. The van der Waals surface area contributed by atoms with Gasteiger partial charge in [0.15, 0.2) is 0 Å². The van der Waals surface area contributed by atoms with Gasteiger partial charge in [-0.05, 0) is 85.7 Å². The van der Waals surface area contributed by atoms with Crippen LogP contribution in [-0.2, 0) is 11.2 Å². The lowest BCUT2D eigenvalue weighted by Gasteiger charge is -2.25. The highest BCUT2D eigenvalue weighted by atomic mass is 32.1. The first-order chi connectivity index (χ1) is 15.8. The number of benzene rings is 2. The van der Waals surface area contributed by atoms with Crippen LogP contribution in [0.15, 0.2) is 42.5 Å². The maximum Gasteiger partial charge on any atom is 0.337 e. The number of aliphatic hydroxyl groups is 1. The summed E-state index contributed by atoms with van der Waals surface area (Å²) < 4.78 is 11.9. The normalized spacial score (nSPS) is 12.7. The summed E-state index contributed by atoms with van der Waals surface area (Å²) in [7, 11) is 1.41. The van der Waals surface area contributed by atoms with Crippen molar-refractivity contribution in [3.63, 3.8) is 0 Å². The van der Waals surface area contributed by atoms with Crippen LogP contribution in [-0.4, -0.2) is 30.4 Å². The number of hydrogen-bond donors (Lipinski definition) is 1. The molecule has 3 aromatic rings. The van der Waals surface area contributed by atoms with E-state index < -0.39 is 5.60 Å². The van der Waals surface area contributed by atoms with E-state index in [4.69, 9.17) is 9.47 Å². The molecule has 0 saturated carbocycles. The minimum Gasteiger partial charge on any atom is -0.490 e. The summed E-state index contributed by atoms with van der Waals surface area (Å²) >= 11 is 1.77. The van der Waals surface area contributed by atoms with Crippen molar-refractivity contribution < 1.29 is 19.4 Å².